The quantitative estimate of drug-likeness (QED) is 0.788. The van der Waals surface area contributed by atoms with Gasteiger partial charge in [-0.3, -0.25) is 9.59 Å². The van der Waals surface area contributed by atoms with E-state index in [4.69, 9.17) is 23.1 Å². The molecule has 0 aliphatic rings. The maximum Gasteiger partial charge on any atom is 0.250 e. The van der Waals surface area contributed by atoms with Crippen molar-refractivity contribution < 1.29 is 9.59 Å². The topological polar surface area (TPSA) is 98.2 Å². The Morgan fingerprint density at radius 3 is 2.32 bits per heavy atom. The summed E-state index contributed by atoms with van der Waals surface area (Å²) in [5.74, 6) is -0.926. The minimum Gasteiger partial charge on any atom is -0.366 e. The molecule has 0 spiro atoms. The lowest BCUT2D eigenvalue weighted by Crippen LogP contribution is -2.45. The van der Waals surface area contributed by atoms with Crippen LogP contribution in [-0.2, 0) is 4.79 Å². The molecular weight excluding hydrogens is 266 g/mol. The van der Waals surface area contributed by atoms with Crippen LogP contribution in [0.15, 0.2) is 18.2 Å². The molecule has 19 heavy (non-hydrogen) atoms. The van der Waals surface area contributed by atoms with E-state index in [1.165, 1.54) is 12.1 Å². The number of carbonyl (C=O) groups excluding carboxylic acids is 2. The fourth-order valence-electron chi connectivity index (χ4n) is 1.41. The monoisotopic (exact) mass is 283 g/mol. The Morgan fingerprint density at radius 2 is 1.89 bits per heavy atom. The van der Waals surface area contributed by atoms with Gasteiger partial charge in [0.05, 0.1) is 16.6 Å². The average molecular weight is 284 g/mol. The van der Waals surface area contributed by atoms with E-state index in [2.05, 4.69) is 5.32 Å². The molecule has 2 amide bonds. The molecule has 1 rings (SSSR count). The van der Waals surface area contributed by atoms with E-state index in [1.54, 1.807) is 6.07 Å². The number of benzene rings is 1. The number of nitrogens with one attached hydrogen (secondary N) is 1. The van der Waals surface area contributed by atoms with Crippen LogP contribution in [0, 0.1) is 5.41 Å². The summed E-state index contributed by atoms with van der Waals surface area (Å²) in [6.45, 7) is 5.63. The van der Waals surface area contributed by atoms with Crippen molar-refractivity contribution in [1.29, 1.82) is 0 Å². The first-order chi connectivity index (χ1) is 8.62. The Hall–Kier alpha value is -1.59. The smallest absolute Gasteiger partial charge is 0.250 e. The van der Waals surface area contributed by atoms with Crippen LogP contribution in [0.25, 0.3) is 0 Å². The van der Waals surface area contributed by atoms with Crippen LogP contribution in [0.1, 0.15) is 31.1 Å². The van der Waals surface area contributed by atoms with Crippen LogP contribution in [0.2, 0.25) is 5.02 Å². The third-order valence-corrected chi connectivity index (χ3v) is 3.03. The summed E-state index contributed by atoms with van der Waals surface area (Å²) in [4.78, 5) is 22.9. The fraction of sp³-hybridized carbons (Fsp3) is 0.385. The van der Waals surface area contributed by atoms with E-state index in [0.717, 1.165) is 0 Å². The lowest BCUT2D eigenvalue weighted by Gasteiger charge is -2.25. The van der Waals surface area contributed by atoms with Crippen molar-refractivity contribution in [1.82, 2.24) is 0 Å². The fourth-order valence-corrected chi connectivity index (χ4v) is 1.68. The van der Waals surface area contributed by atoms with Gasteiger partial charge in [-0.25, -0.2) is 0 Å². The molecule has 5 N–H and O–H groups in total. The van der Waals surface area contributed by atoms with Crippen LogP contribution in [-0.4, -0.2) is 17.9 Å². The van der Waals surface area contributed by atoms with Crippen molar-refractivity contribution in [2.45, 2.75) is 26.8 Å². The van der Waals surface area contributed by atoms with Gasteiger partial charge in [-0.05, 0) is 23.6 Å². The van der Waals surface area contributed by atoms with Crippen LogP contribution in [0.5, 0.6) is 0 Å². The van der Waals surface area contributed by atoms with Gasteiger partial charge in [0, 0.05) is 5.69 Å². The van der Waals surface area contributed by atoms with Crippen molar-refractivity contribution in [3.05, 3.63) is 28.8 Å². The van der Waals surface area contributed by atoms with Gasteiger partial charge in [0.25, 0.3) is 0 Å². The van der Waals surface area contributed by atoms with Gasteiger partial charge in [0.15, 0.2) is 0 Å². The van der Waals surface area contributed by atoms with E-state index >= 15 is 0 Å². The molecule has 0 heterocycles. The normalized spacial score (nSPS) is 12.9. The highest BCUT2D eigenvalue weighted by molar-refractivity contribution is 6.34. The molecule has 0 bridgehead atoms. The molecule has 0 saturated heterocycles. The largest absolute Gasteiger partial charge is 0.366 e. The molecule has 1 aromatic rings. The van der Waals surface area contributed by atoms with Crippen molar-refractivity contribution in [2.75, 3.05) is 5.32 Å². The number of nitrogens with two attached hydrogens (primary N) is 2. The zero-order valence-electron chi connectivity index (χ0n) is 11.2. The Balaban J connectivity index is 2.87. The maximum atomic E-state index is 11.9. The first kappa shape index (κ1) is 15.5. The Labute approximate surface area is 117 Å². The summed E-state index contributed by atoms with van der Waals surface area (Å²) in [6.07, 6.45) is 0. The lowest BCUT2D eigenvalue weighted by molar-refractivity contribution is -0.119. The van der Waals surface area contributed by atoms with Gasteiger partial charge in [-0.15, -0.1) is 0 Å². The van der Waals surface area contributed by atoms with E-state index in [-0.39, 0.29) is 21.9 Å². The van der Waals surface area contributed by atoms with Crippen LogP contribution < -0.4 is 16.8 Å². The van der Waals surface area contributed by atoms with Gasteiger partial charge < -0.3 is 16.8 Å². The highest BCUT2D eigenvalue weighted by Gasteiger charge is 2.27. The van der Waals surface area contributed by atoms with Gasteiger partial charge in [0.1, 0.15) is 0 Å². The average Bonchev–Trinajstić information content (AvgIpc) is 2.26. The molecule has 5 nitrogen and oxygen atoms in total. The molecule has 0 unspecified atom stereocenters. The number of carbonyl (C=O) groups is 2. The van der Waals surface area contributed by atoms with Crippen LogP contribution >= 0.6 is 11.6 Å². The molecule has 0 aliphatic heterocycles. The minimum absolute atomic E-state index is 0.189. The summed E-state index contributed by atoms with van der Waals surface area (Å²) in [5.41, 5.74) is 11.3. The number of primary amides is 1. The first-order valence-electron chi connectivity index (χ1n) is 5.78. The summed E-state index contributed by atoms with van der Waals surface area (Å²) in [5, 5.41) is 2.84. The first-order valence-corrected chi connectivity index (χ1v) is 6.16. The second-order valence-electron chi connectivity index (χ2n) is 5.39. The second kappa shape index (κ2) is 5.59. The number of hydrogen-bond donors (Lipinski definition) is 3. The summed E-state index contributed by atoms with van der Waals surface area (Å²) in [7, 11) is 0. The number of rotatable bonds is 3. The molecular formula is C13H18ClN3O2. The molecule has 1 atom stereocenters. The Kier molecular flexibility index (Phi) is 4.55. The third kappa shape index (κ3) is 3.94. The standard InChI is InChI=1S/C13H18ClN3O2/c1-13(2,3)10(15)12(19)17-7-4-5-8(11(16)18)9(14)6-7/h4-6,10H,15H2,1-3H3,(H2,16,18)(H,17,19)/t10-/m0/s1. The van der Waals surface area contributed by atoms with E-state index in [0.29, 0.717) is 5.69 Å². The van der Waals surface area contributed by atoms with E-state index in [9.17, 15) is 9.59 Å². The number of amides is 2. The molecule has 104 valence electrons. The summed E-state index contributed by atoms with van der Waals surface area (Å²) < 4.78 is 0. The second-order valence-corrected chi connectivity index (χ2v) is 5.80. The molecule has 0 radical (unpaired) electrons. The van der Waals surface area contributed by atoms with Gasteiger partial charge in [-0.1, -0.05) is 32.4 Å². The Bertz CT molecular complexity index is 509. The van der Waals surface area contributed by atoms with E-state index in [1.807, 2.05) is 20.8 Å². The van der Waals surface area contributed by atoms with Crippen molar-refractivity contribution in [2.24, 2.45) is 16.9 Å². The predicted octanol–water partition coefficient (Wildman–Crippen LogP) is 1.75. The van der Waals surface area contributed by atoms with Crippen molar-refractivity contribution in [3.63, 3.8) is 0 Å². The minimum atomic E-state index is -0.651. The summed E-state index contributed by atoms with van der Waals surface area (Å²) in [6, 6.07) is 3.83. The van der Waals surface area contributed by atoms with Gasteiger partial charge in [-0.2, -0.15) is 0 Å². The van der Waals surface area contributed by atoms with Gasteiger partial charge in [0.2, 0.25) is 11.8 Å². The number of hydrogen-bond acceptors (Lipinski definition) is 3. The number of anilines is 1. The zero-order valence-corrected chi connectivity index (χ0v) is 11.9. The number of halogens is 1. The zero-order chi connectivity index (χ0) is 14.8. The Morgan fingerprint density at radius 1 is 1.32 bits per heavy atom. The molecule has 1 aromatic carbocycles. The SMILES string of the molecule is CC(C)(C)[C@@H](N)C(=O)Nc1ccc(C(N)=O)c(Cl)c1. The van der Waals surface area contributed by atoms with Gasteiger partial charge >= 0.3 is 0 Å². The van der Waals surface area contributed by atoms with Crippen LogP contribution in [0.3, 0.4) is 0 Å². The molecule has 6 heteroatoms. The molecule has 0 aliphatic carbocycles. The molecule has 0 saturated carbocycles. The molecule has 0 fully saturated rings. The lowest BCUT2D eigenvalue weighted by atomic mass is 9.87. The van der Waals surface area contributed by atoms with Crippen molar-refractivity contribution >= 4 is 29.1 Å². The van der Waals surface area contributed by atoms with E-state index < -0.39 is 11.9 Å². The summed E-state index contributed by atoms with van der Waals surface area (Å²) >= 11 is 5.89. The highest BCUT2D eigenvalue weighted by Crippen LogP contribution is 2.22. The van der Waals surface area contributed by atoms with Crippen molar-refractivity contribution in [3.8, 4) is 0 Å². The molecule has 0 aromatic heterocycles. The predicted molar refractivity (Wildman–Crippen MR) is 76.0 cm³/mol. The third-order valence-electron chi connectivity index (χ3n) is 2.72. The van der Waals surface area contributed by atoms with Crippen LogP contribution in [0.4, 0.5) is 5.69 Å². The maximum absolute atomic E-state index is 11.9. The highest BCUT2D eigenvalue weighted by atomic mass is 35.5.